The maximum atomic E-state index is 14.0. The second-order valence-corrected chi connectivity index (χ2v) is 24.7. The fraction of sp³-hybridized carbons (Fsp3) is 0.944. The number of carbonyl (C=O) groups excluding carboxylic acids is 2. The van der Waals surface area contributed by atoms with Crippen LogP contribution in [0.2, 0.25) is 0 Å². The van der Waals surface area contributed by atoms with Crippen molar-refractivity contribution in [2.24, 2.45) is 0 Å². The van der Waals surface area contributed by atoms with E-state index in [1.165, 1.54) is 141 Å². The van der Waals surface area contributed by atoms with Gasteiger partial charge in [0.1, 0.15) is 6.61 Å². The number of hydrogen-bond acceptors (Lipinski definition) is 13. The quantitative estimate of drug-likeness (QED) is 0.0185. The lowest BCUT2D eigenvalue weighted by Crippen LogP contribution is -3.00. The number of rotatable bonds is 53. The molecule has 72 heavy (non-hydrogen) atoms. The fourth-order valence-corrected chi connectivity index (χ4v) is 10.4. The molecule has 0 saturated carbocycles. The smallest absolute Gasteiger partial charge is 0.474 e. The average molecular weight is 1090 g/mol. The van der Waals surface area contributed by atoms with Crippen molar-refractivity contribution in [3.63, 3.8) is 0 Å². The van der Waals surface area contributed by atoms with E-state index in [1.807, 2.05) is 27.2 Å². The minimum Gasteiger partial charge on any atom is -1.00 e. The number of unbranched alkanes of at least 4 members (excludes halogenated alkanes) is 28. The Bertz CT molecular complexity index is 1430. The molecule has 0 aliphatic rings. The summed E-state index contributed by atoms with van der Waals surface area (Å²) in [6.45, 7) is 3.78. The molecule has 18 heteroatoms. The van der Waals surface area contributed by atoms with Gasteiger partial charge in [0.15, 0.2) is 6.10 Å². The SMILES string of the molecule is CCCCCCCCCCCCCCCCCC(=O)OCC(COP(=O)(OCCC#N)OCCC(OP(=O)([O-])OCCC[N+](C)(C)C)[N+](C)(C)C)OC(=O)CCCCCCCCCCCCCCCCC.[Cl-]. The molecule has 4 atom stereocenters. The molecular weight excluding hydrogens is 980 g/mol. The van der Waals surface area contributed by atoms with E-state index in [9.17, 15) is 23.6 Å². The van der Waals surface area contributed by atoms with Crippen LogP contribution in [0.3, 0.4) is 0 Å². The Morgan fingerprint density at radius 1 is 0.528 bits per heavy atom. The number of nitriles is 1. The van der Waals surface area contributed by atoms with Crippen molar-refractivity contribution in [1.29, 1.82) is 5.26 Å². The molecule has 0 aromatic carbocycles. The molecule has 0 aromatic heterocycles. The number of hydrogen-bond donors (Lipinski definition) is 0. The molecule has 0 rings (SSSR count). The molecule has 0 aromatic rings. The van der Waals surface area contributed by atoms with E-state index in [-0.39, 0.29) is 69.0 Å². The number of carbonyl (C=O) groups is 2. The minimum atomic E-state index is -4.72. The zero-order chi connectivity index (χ0) is 53.0. The van der Waals surface area contributed by atoms with E-state index in [4.69, 9.17) is 37.4 Å². The van der Waals surface area contributed by atoms with Gasteiger partial charge in [0.25, 0.3) is 7.82 Å². The third-order valence-corrected chi connectivity index (χ3v) is 15.0. The number of phosphoric ester groups is 2. The van der Waals surface area contributed by atoms with Crippen LogP contribution in [-0.2, 0) is 50.8 Å². The van der Waals surface area contributed by atoms with Crippen LogP contribution in [0.25, 0.3) is 0 Å². The van der Waals surface area contributed by atoms with Crippen LogP contribution in [0.5, 0.6) is 0 Å². The number of halogens is 1. The highest BCUT2D eigenvalue weighted by molar-refractivity contribution is 7.48. The van der Waals surface area contributed by atoms with E-state index in [0.29, 0.717) is 30.3 Å². The van der Waals surface area contributed by atoms with E-state index in [1.54, 1.807) is 21.1 Å². The number of phosphoric acid groups is 2. The first-order chi connectivity index (χ1) is 33.9. The second kappa shape index (κ2) is 47.1. The van der Waals surface area contributed by atoms with Gasteiger partial charge >= 0.3 is 19.8 Å². The van der Waals surface area contributed by atoms with Gasteiger partial charge in [-0.3, -0.25) is 32.2 Å². The topological polar surface area (TPSA) is 180 Å². The van der Waals surface area contributed by atoms with E-state index in [0.717, 1.165) is 38.5 Å². The third-order valence-electron chi connectivity index (χ3n) is 12.5. The lowest BCUT2D eigenvalue weighted by molar-refractivity contribution is -0.916. The summed E-state index contributed by atoms with van der Waals surface area (Å²) in [5, 5.41) is 9.16. The highest BCUT2D eigenvalue weighted by Crippen LogP contribution is 2.50. The van der Waals surface area contributed by atoms with Crippen molar-refractivity contribution in [2.45, 2.75) is 251 Å². The maximum absolute atomic E-state index is 14.0. The van der Waals surface area contributed by atoms with Gasteiger partial charge in [-0.25, -0.2) is 4.57 Å². The molecular formula is C54H108ClN3O12P2. The summed E-state index contributed by atoms with van der Waals surface area (Å²) in [6.07, 6.45) is 35.0. The lowest BCUT2D eigenvalue weighted by Gasteiger charge is -2.37. The van der Waals surface area contributed by atoms with Gasteiger partial charge in [-0.15, -0.1) is 0 Å². The fourth-order valence-electron chi connectivity index (χ4n) is 8.13. The molecule has 0 N–H and O–H groups in total. The zero-order valence-electron chi connectivity index (χ0n) is 47.2. The van der Waals surface area contributed by atoms with Crippen molar-refractivity contribution in [2.75, 3.05) is 81.9 Å². The molecule has 0 aliphatic heterocycles. The van der Waals surface area contributed by atoms with E-state index >= 15 is 0 Å². The van der Waals surface area contributed by atoms with Crippen LogP contribution in [0.1, 0.15) is 239 Å². The minimum absolute atomic E-state index is 0. The summed E-state index contributed by atoms with van der Waals surface area (Å²) >= 11 is 0. The number of esters is 2. The molecule has 4 unspecified atom stereocenters. The molecule has 0 amide bonds. The van der Waals surface area contributed by atoms with Crippen molar-refractivity contribution >= 4 is 27.6 Å². The average Bonchev–Trinajstić information content (AvgIpc) is 3.30. The molecule has 0 bridgehead atoms. The van der Waals surface area contributed by atoms with Gasteiger partial charge in [-0.2, -0.15) is 5.26 Å². The van der Waals surface area contributed by atoms with Crippen LogP contribution < -0.4 is 17.3 Å². The Morgan fingerprint density at radius 2 is 0.931 bits per heavy atom. The van der Waals surface area contributed by atoms with Gasteiger partial charge < -0.3 is 40.3 Å². The van der Waals surface area contributed by atoms with Crippen molar-refractivity contribution in [3.05, 3.63) is 0 Å². The molecule has 0 spiro atoms. The number of ether oxygens (including phenoxy) is 2. The largest absolute Gasteiger partial charge is 1.00 e. The van der Waals surface area contributed by atoms with Crippen LogP contribution in [0, 0.1) is 11.3 Å². The Balaban J connectivity index is 0. The first-order valence-electron chi connectivity index (χ1n) is 28.4. The Hall–Kier alpha value is -1.14. The summed E-state index contributed by atoms with van der Waals surface area (Å²) in [4.78, 5) is 38.8. The highest BCUT2D eigenvalue weighted by Gasteiger charge is 2.34. The van der Waals surface area contributed by atoms with E-state index < -0.39 is 46.5 Å². The zero-order valence-corrected chi connectivity index (χ0v) is 49.7. The van der Waals surface area contributed by atoms with Gasteiger partial charge in [-0.05, 0) is 12.8 Å². The Labute approximate surface area is 447 Å². The number of nitrogens with zero attached hydrogens (tertiary/aromatic N) is 3. The van der Waals surface area contributed by atoms with Gasteiger partial charge in [-0.1, -0.05) is 194 Å². The standard InChI is InChI=1S/C54H108N3O12P2.ClH/c1-9-11-13-15-17-19-21-23-25-27-29-31-33-35-37-41-53(58)63-49-51(68-54(59)42-38-36-34-32-30-28-26-24-22-20-18-16-14-12-10-2)50-67-71(62,65-46-39-44-55)66-48-43-52(57(6,7)8)69-70(60,61)64-47-40-45-56(3,4)5;/h51-52H,9-43,45-50H2,1-8H3;1H/q+1;/p-1. The molecule has 0 aliphatic carbocycles. The summed E-state index contributed by atoms with van der Waals surface area (Å²) in [6, 6.07) is 1.93. The highest BCUT2D eigenvalue weighted by atomic mass is 35.5. The van der Waals surface area contributed by atoms with Crippen molar-refractivity contribution in [1.82, 2.24) is 0 Å². The maximum Gasteiger partial charge on any atom is 0.474 e. The predicted molar refractivity (Wildman–Crippen MR) is 284 cm³/mol. The van der Waals surface area contributed by atoms with Gasteiger partial charge in [0.2, 0.25) is 6.23 Å². The second-order valence-electron chi connectivity index (χ2n) is 21.6. The molecule has 0 radical (unpaired) electrons. The Morgan fingerprint density at radius 3 is 1.33 bits per heavy atom. The van der Waals surface area contributed by atoms with Gasteiger partial charge in [0, 0.05) is 19.3 Å². The monoisotopic (exact) mass is 1090 g/mol. The van der Waals surface area contributed by atoms with Crippen LogP contribution in [0.4, 0.5) is 0 Å². The summed E-state index contributed by atoms with van der Waals surface area (Å²) < 4.78 is 66.2. The summed E-state index contributed by atoms with van der Waals surface area (Å²) in [5.74, 6) is -0.912. The summed E-state index contributed by atoms with van der Waals surface area (Å²) in [5.41, 5.74) is 0. The predicted octanol–water partition coefficient (Wildman–Crippen LogP) is 11.1. The molecule has 15 nitrogen and oxygen atoms in total. The van der Waals surface area contributed by atoms with E-state index in [2.05, 4.69) is 13.8 Å². The first kappa shape index (κ1) is 72.9. The normalized spacial score (nSPS) is 14.4. The van der Waals surface area contributed by atoms with Crippen molar-refractivity contribution < 1.29 is 77.1 Å². The Kier molecular flexibility index (Phi) is 47.7. The first-order valence-corrected chi connectivity index (χ1v) is 31.3. The van der Waals surface area contributed by atoms with Crippen LogP contribution in [-0.4, -0.2) is 115 Å². The molecule has 428 valence electrons. The summed E-state index contributed by atoms with van der Waals surface area (Å²) in [7, 11) is 2.07. The lowest BCUT2D eigenvalue weighted by atomic mass is 10.0. The van der Waals surface area contributed by atoms with Crippen LogP contribution >= 0.6 is 15.6 Å². The molecule has 0 heterocycles. The van der Waals surface area contributed by atoms with Gasteiger partial charge in [0.05, 0.1) is 94.2 Å². The molecule has 0 fully saturated rings. The van der Waals surface area contributed by atoms with Crippen LogP contribution in [0.15, 0.2) is 0 Å². The molecule has 0 saturated heterocycles. The third kappa shape index (κ3) is 48.5. The number of quaternary nitrogens is 2. The van der Waals surface area contributed by atoms with Crippen molar-refractivity contribution in [3.8, 4) is 6.07 Å².